The zero-order valence-corrected chi connectivity index (χ0v) is 15.1. The fraction of sp³-hybridized carbons (Fsp3) is 0.130. The predicted octanol–water partition coefficient (Wildman–Crippen LogP) is 4.86. The van der Waals surface area contributed by atoms with E-state index in [0.717, 1.165) is 17.7 Å². The van der Waals surface area contributed by atoms with Gasteiger partial charge in [0.25, 0.3) is 5.91 Å². The monoisotopic (exact) mass is 359 g/mol. The number of hydrogen-bond donors (Lipinski definition) is 1. The van der Waals surface area contributed by atoms with Crippen LogP contribution in [0, 0.1) is 0 Å². The third-order valence-electron chi connectivity index (χ3n) is 4.22. The van der Waals surface area contributed by atoms with Gasteiger partial charge in [0.05, 0.1) is 5.56 Å². The van der Waals surface area contributed by atoms with Crippen molar-refractivity contribution in [1.29, 1.82) is 0 Å². The van der Waals surface area contributed by atoms with Crippen LogP contribution in [0.1, 0.15) is 38.8 Å². The van der Waals surface area contributed by atoms with E-state index in [1.165, 1.54) is 5.56 Å². The Morgan fingerprint density at radius 3 is 2.00 bits per heavy atom. The molecule has 0 radical (unpaired) electrons. The minimum Gasteiger partial charge on any atom is -0.457 e. The van der Waals surface area contributed by atoms with Gasteiger partial charge in [-0.1, -0.05) is 49.4 Å². The molecule has 1 amide bonds. The SMILES string of the molecule is CCc1ccc(C(=O)OCc2ccc(C(=O)Nc3ccccc3)cc2)cc1. The van der Waals surface area contributed by atoms with E-state index in [1.807, 2.05) is 42.5 Å². The molecule has 0 fully saturated rings. The Balaban J connectivity index is 1.55. The second-order valence-corrected chi connectivity index (χ2v) is 6.14. The molecule has 3 aromatic carbocycles. The molecule has 0 heterocycles. The summed E-state index contributed by atoms with van der Waals surface area (Å²) < 4.78 is 5.34. The molecule has 3 aromatic rings. The lowest BCUT2D eigenvalue weighted by molar-refractivity contribution is 0.0472. The largest absolute Gasteiger partial charge is 0.457 e. The fourth-order valence-electron chi connectivity index (χ4n) is 2.59. The van der Waals surface area contributed by atoms with E-state index in [4.69, 9.17) is 4.74 Å². The second-order valence-electron chi connectivity index (χ2n) is 6.14. The normalized spacial score (nSPS) is 10.3. The summed E-state index contributed by atoms with van der Waals surface area (Å²) in [5, 5.41) is 2.83. The molecule has 0 aliphatic rings. The van der Waals surface area contributed by atoms with Crippen molar-refractivity contribution >= 4 is 17.6 Å². The van der Waals surface area contributed by atoms with Crippen LogP contribution >= 0.6 is 0 Å². The number of carbonyl (C=O) groups is 2. The van der Waals surface area contributed by atoms with Gasteiger partial charge in [-0.15, -0.1) is 0 Å². The van der Waals surface area contributed by atoms with Crippen molar-refractivity contribution in [2.24, 2.45) is 0 Å². The maximum atomic E-state index is 12.2. The van der Waals surface area contributed by atoms with Crippen molar-refractivity contribution < 1.29 is 14.3 Å². The number of nitrogens with one attached hydrogen (secondary N) is 1. The summed E-state index contributed by atoms with van der Waals surface area (Å²) in [5.74, 6) is -0.538. The van der Waals surface area contributed by atoms with E-state index in [1.54, 1.807) is 36.4 Å². The number of hydrogen-bond acceptors (Lipinski definition) is 3. The van der Waals surface area contributed by atoms with Crippen LogP contribution in [-0.4, -0.2) is 11.9 Å². The molecule has 0 atom stereocenters. The Hall–Kier alpha value is -3.40. The van der Waals surface area contributed by atoms with Crippen molar-refractivity contribution in [3.63, 3.8) is 0 Å². The molecule has 0 saturated heterocycles. The van der Waals surface area contributed by atoms with E-state index >= 15 is 0 Å². The van der Waals surface area contributed by atoms with Crippen LogP contribution in [0.15, 0.2) is 78.9 Å². The van der Waals surface area contributed by atoms with Crippen molar-refractivity contribution in [3.05, 3.63) is 101 Å². The average Bonchev–Trinajstić information content (AvgIpc) is 2.73. The van der Waals surface area contributed by atoms with Crippen LogP contribution in [0.25, 0.3) is 0 Å². The summed E-state index contributed by atoms with van der Waals surface area (Å²) in [5.41, 5.74) is 3.82. The third-order valence-corrected chi connectivity index (χ3v) is 4.22. The smallest absolute Gasteiger partial charge is 0.338 e. The Morgan fingerprint density at radius 2 is 1.37 bits per heavy atom. The molecule has 27 heavy (non-hydrogen) atoms. The number of ether oxygens (including phenoxy) is 1. The van der Waals surface area contributed by atoms with Crippen LogP contribution < -0.4 is 5.32 Å². The minimum absolute atomic E-state index is 0.162. The highest BCUT2D eigenvalue weighted by Crippen LogP contribution is 2.12. The summed E-state index contributed by atoms with van der Waals surface area (Å²) in [6.07, 6.45) is 0.930. The first kappa shape index (κ1) is 18.4. The molecule has 0 aromatic heterocycles. The van der Waals surface area contributed by atoms with Crippen LogP contribution in [0.4, 0.5) is 5.69 Å². The van der Waals surface area contributed by atoms with E-state index in [0.29, 0.717) is 11.1 Å². The molecule has 4 nitrogen and oxygen atoms in total. The Morgan fingerprint density at radius 1 is 0.778 bits per heavy atom. The molecule has 0 saturated carbocycles. The van der Waals surface area contributed by atoms with Gasteiger partial charge >= 0.3 is 5.97 Å². The number of aryl methyl sites for hydroxylation is 1. The highest BCUT2D eigenvalue weighted by Gasteiger charge is 2.09. The van der Waals surface area contributed by atoms with Gasteiger partial charge < -0.3 is 10.1 Å². The molecule has 0 bridgehead atoms. The number of anilines is 1. The van der Waals surface area contributed by atoms with Crippen LogP contribution in [0.5, 0.6) is 0 Å². The highest BCUT2D eigenvalue weighted by molar-refractivity contribution is 6.04. The maximum absolute atomic E-state index is 12.2. The minimum atomic E-state index is -0.358. The second kappa shape index (κ2) is 8.81. The topological polar surface area (TPSA) is 55.4 Å². The van der Waals surface area contributed by atoms with Crippen molar-refractivity contribution in [3.8, 4) is 0 Å². The number of esters is 1. The van der Waals surface area contributed by atoms with Crippen molar-refractivity contribution in [2.45, 2.75) is 20.0 Å². The molecule has 3 rings (SSSR count). The van der Waals surface area contributed by atoms with Gasteiger partial charge in [-0.2, -0.15) is 0 Å². The van der Waals surface area contributed by atoms with Gasteiger partial charge in [-0.3, -0.25) is 4.79 Å². The Kier molecular flexibility index (Phi) is 6.00. The van der Waals surface area contributed by atoms with Crippen molar-refractivity contribution in [2.75, 3.05) is 5.32 Å². The van der Waals surface area contributed by atoms with Gasteiger partial charge in [-0.05, 0) is 53.9 Å². The van der Waals surface area contributed by atoms with E-state index in [2.05, 4.69) is 12.2 Å². The summed E-state index contributed by atoms with van der Waals surface area (Å²) in [4.78, 5) is 24.3. The first-order chi connectivity index (χ1) is 13.2. The number of carbonyl (C=O) groups excluding carboxylic acids is 2. The van der Waals surface area contributed by atoms with Crippen LogP contribution in [0.3, 0.4) is 0 Å². The molecule has 0 aliphatic heterocycles. The number of amides is 1. The Labute approximate surface area is 158 Å². The Bertz CT molecular complexity index is 901. The molecule has 0 aliphatic carbocycles. The lowest BCUT2D eigenvalue weighted by Gasteiger charge is -2.08. The lowest BCUT2D eigenvalue weighted by Crippen LogP contribution is -2.11. The number of para-hydroxylation sites is 1. The standard InChI is InChI=1S/C23H21NO3/c1-2-17-8-14-20(15-9-17)23(26)27-16-18-10-12-19(13-11-18)22(25)24-21-6-4-3-5-7-21/h3-15H,2,16H2,1H3,(H,24,25). The van der Waals surface area contributed by atoms with Crippen molar-refractivity contribution in [1.82, 2.24) is 0 Å². The molecule has 1 N–H and O–H groups in total. The molecule has 136 valence electrons. The maximum Gasteiger partial charge on any atom is 0.338 e. The van der Waals surface area contributed by atoms with Gasteiger partial charge in [0.2, 0.25) is 0 Å². The average molecular weight is 359 g/mol. The molecule has 4 heteroatoms. The summed E-state index contributed by atoms with van der Waals surface area (Å²) in [6, 6.07) is 23.7. The summed E-state index contributed by atoms with van der Waals surface area (Å²) in [7, 11) is 0. The predicted molar refractivity (Wildman–Crippen MR) is 106 cm³/mol. The molecular formula is C23H21NO3. The van der Waals surface area contributed by atoms with Gasteiger partial charge in [0.15, 0.2) is 0 Å². The zero-order chi connectivity index (χ0) is 19.1. The van der Waals surface area contributed by atoms with E-state index in [-0.39, 0.29) is 18.5 Å². The highest BCUT2D eigenvalue weighted by atomic mass is 16.5. The summed E-state index contributed by atoms with van der Waals surface area (Å²) in [6.45, 7) is 2.23. The number of rotatable bonds is 6. The van der Waals surface area contributed by atoms with Crippen LogP contribution in [-0.2, 0) is 17.8 Å². The van der Waals surface area contributed by atoms with Gasteiger partial charge in [-0.25, -0.2) is 4.79 Å². The van der Waals surface area contributed by atoms with E-state index in [9.17, 15) is 9.59 Å². The van der Waals surface area contributed by atoms with E-state index < -0.39 is 0 Å². The van der Waals surface area contributed by atoms with Gasteiger partial charge in [0, 0.05) is 11.3 Å². The third kappa shape index (κ3) is 5.05. The van der Waals surface area contributed by atoms with Gasteiger partial charge in [0.1, 0.15) is 6.61 Å². The summed E-state index contributed by atoms with van der Waals surface area (Å²) >= 11 is 0. The number of benzene rings is 3. The van der Waals surface area contributed by atoms with Crippen LogP contribution in [0.2, 0.25) is 0 Å². The molecule has 0 spiro atoms. The lowest BCUT2D eigenvalue weighted by atomic mass is 10.1. The fourth-order valence-corrected chi connectivity index (χ4v) is 2.59. The molecular weight excluding hydrogens is 338 g/mol. The first-order valence-corrected chi connectivity index (χ1v) is 8.87. The first-order valence-electron chi connectivity index (χ1n) is 8.87. The quantitative estimate of drug-likeness (QED) is 0.640. The zero-order valence-electron chi connectivity index (χ0n) is 15.1. The molecule has 0 unspecified atom stereocenters.